The van der Waals surface area contributed by atoms with Crippen LogP contribution in [0.15, 0.2) is 12.2 Å². The van der Waals surface area contributed by atoms with E-state index in [0.717, 1.165) is 6.42 Å². The first-order chi connectivity index (χ1) is 5.95. The van der Waals surface area contributed by atoms with Crippen molar-refractivity contribution in [2.75, 3.05) is 6.61 Å². The lowest BCUT2D eigenvalue weighted by Gasteiger charge is -2.14. The third kappa shape index (κ3) is 9.34. The highest BCUT2D eigenvalue weighted by atomic mass is 28.3. The van der Waals surface area contributed by atoms with E-state index in [1.54, 1.807) is 6.08 Å². The molecule has 0 spiro atoms. The molecule has 0 radical (unpaired) electrons. The summed E-state index contributed by atoms with van der Waals surface area (Å²) < 4.78 is 4.97. The van der Waals surface area contributed by atoms with Crippen molar-refractivity contribution in [3.05, 3.63) is 12.2 Å². The zero-order valence-electron chi connectivity index (χ0n) is 9.09. The van der Waals surface area contributed by atoms with Gasteiger partial charge in [-0.05, 0) is 13.3 Å². The summed E-state index contributed by atoms with van der Waals surface area (Å²) in [5, 5.41) is 0. The molecular weight excluding hydrogens is 180 g/mol. The van der Waals surface area contributed by atoms with Gasteiger partial charge in [-0.3, -0.25) is 0 Å². The van der Waals surface area contributed by atoms with Gasteiger partial charge >= 0.3 is 5.97 Å². The second-order valence-electron chi connectivity index (χ2n) is 4.33. The molecule has 0 unspecified atom stereocenters. The van der Waals surface area contributed by atoms with Crippen LogP contribution >= 0.6 is 0 Å². The number of ether oxygens (including phenoxy) is 1. The molecule has 0 aromatic heterocycles. The van der Waals surface area contributed by atoms with Crippen molar-refractivity contribution in [2.24, 2.45) is 0 Å². The molecular formula is C10H20O2Si. The number of carbonyl (C=O) groups is 1. The molecule has 0 saturated carbocycles. The van der Waals surface area contributed by atoms with Crippen LogP contribution in [0.25, 0.3) is 0 Å². The van der Waals surface area contributed by atoms with Crippen molar-refractivity contribution in [3.63, 3.8) is 0 Å². The topological polar surface area (TPSA) is 26.3 Å². The van der Waals surface area contributed by atoms with Gasteiger partial charge < -0.3 is 4.74 Å². The van der Waals surface area contributed by atoms with E-state index < -0.39 is 8.07 Å². The maximum absolute atomic E-state index is 10.9. The third-order valence-corrected chi connectivity index (χ3v) is 3.47. The first-order valence-electron chi connectivity index (χ1n) is 4.75. The summed E-state index contributed by atoms with van der Waals surface area (Å²) in [6.07, 6.45) is 4.15. The molecule has 0 aliphatic carbocycles. The normalized spacial score (nSPS) is 12.0. The summed E-state index contributed by atoms with van der Waals surface area (Å²) in [5.41, 5.74) is 0. The van der Waals surface area contributed by atoms with Gasteiger partial charge in [-0.25, -0.2) is 4.79 Å². The summed E-state index contributed by atoms with van der Waals surface area (Å²) in [5.74, 6) is -0.224. The van der Waals surface area contributed by atoms with Crippen LogP contribution in [0.3, 0.4) is 0 Å². The zero-order chi connectivity index (χ0) is 10.3. The van der Waals surface area contributed by atoms with Crippen LogP contribution in [0.1, 0.15) is 13.3 Å². The smallest absolute Gasteiger partial charge is 0.330 e. The van der Waals surface area contributed by atoms with Gasteiger partial charge in [0.25, 0.3) is 0 Å². The van der Waals surface area contributed by atoms with E-state index >= 15 is 0 Å². The average molecular weight is 200 g/mol. The molecule has 0 atom stereocenters. The Balaban J connectivity index is 3.41. The highest BCUT2D eigenvalue weighted by Crippen LogP contribution is 2.10. The molecule has 0 saturated heterocycles. The quantitative estimate of drug-likeness (QED) is 0.295. The minimum atomic E-state index is -0.957. The van der Waals surface area contributed by atoms with E-state index in [0.29, 0.717) is 6.61 Å². The fourth-order valence-corrected chi connectivity index (χ4v) is 2.16. The zero-order valence-corrected chi connectivity index (χ0v) is 10.1. The monoisotopic (exact) mass is 200 g/mol. The van der Waals surface area contributed by atoms with Crippen molar-refractivity contribution in [3.8, 4) is 0 Å². The van der Waals surface area contributed by atoms with Crippen molar-refractivity contribution in [1.82, 2.24) is 0 Å². The molecule has 0 aromatic rings. The fraction of sp³-hybridized carbons (Fsp3) is 0.700. The summed E-state index contributed by atoms with van der Waals surface area (Å²) in [6.45, 7) is 9.33. The van der Waals surface area contributed by atoms with Gasteiger partial charge in [0.1, 0.15) is 0 Å². The number of hydrogen-bond donors (Lipinski definition) is 0. The number of rotatable bonds is 5. The van der Waals surface area contributed by atoms with Crippen LogP contribution < -0.4 is 0 Å². The number of esters is 1. The van der Waals surface area contributed by atoms with Gasteiger partial charge in [0.05, 0.1) is 6.61 Å². The van der Waals surface area contributed by atoms with Crippen LogP contribution in [0, 0.1) is 0 Å². The predicted octanol–water partition coefficient (Wildman–Crippen LogP) is 2.83. The van der Waals surface area contributed by atoms with Gasteiger partial charge in [0.15, 0.2) is 0 Å². The molecule has 0 rings (SSSR count). The summed E-state index contributed by atoms with van der Waals surface area (Å²) >= 11 is 0. The first kappa shape index (κ1) is 12.4. The summed E-state index contributed by atoms with van der Waals surface area (Å²) in [4.78, 5) is 10.9. The maximum atomic E-state index is 10.9. The first-order valence-corrected chi connectivity index (χ1v) is 8.46. The summed E-state index contributed by atoms with van der Waals surface area (Å²) in [7, 11) is -0.957. The SMILES string of the molecule is CC=CC(=O)OCCC[Si](C)(C)C. The number of allylic oxidation sites excluding steroid dienone is 1. The minimum absolute atomic E-state index is 0.224. The van der Waals surface area contributed by atoms with Gasteiger partial charge in [-0.15, -0.1) is 0 Å². The van der Waals surface area contributed by atoms with Crippen LogP contribution in [-0.4, -0.2) is 20.7 Å². The molecule has 0 fully saturated rings. The largest absolute Gasteiger partial charge is 0.463 e. The Bertz CT molecular complexity index is 180. The molecule has 0 aliphatic heterocycles. The van der Waals surface area contributed by atoms with E-state index in [4.69, 9.17) is 4.74 Å². The predicted molar refractivity (Wildman–Crippen MR) is 58.5 cm³/mol. The lowest BCUT2D eigenvalue weighted by atomic mass is 10.5. The molecule has 0 heterocycles. The molecule has 13 heavy (non-hydrogen) atoms. The van der Waals surface area contributed by atoms with E-state index in [-0.39, 0.29) is 5.97 Å². The Labute approximate surface area is 82.0 Å². The van der Waals surface area contributed by atoms with E-state index in [9.17, 15) is 4.79 Å². The second-order valence-corrected chi connectivity index (χ2v) is 9.95. The van der Waals surface area contributed by atoms with Gasteiger partial charge in [-0.2, -0.15) is 0 Å². The molecule has 0 amide bonds. The van der Waals surface area contributed by atoms with E-state index in [2.05, 4.69) is 19.6 Å². The Morgan fingerprint density at radius 1 is 1.38 bits per heavy atom. The molecule has 0 bridgehead atoms. The van der Waals surface area contributed by atoms with Crippen molar-refractivity contribution in [1.29, 1.82) is 0 Å². The summed E-state index contributed by atoms with van der Waals surface area (Å²) in [6, 6.07) is 1.22. The van der Waals surface area contributed by atoms with Crippen LogP contribution in [0.5, 0.6) is 0 Å². The van der Waals surface area contributed by atoms with Crippen molar-refractivity contribution < 1.29 is 9.53 Å². The van der Waals surface area contributed by atoms with E-state index in [1.807, 2.05) is 6.92 Å². The Morgan fingerprint density at radius 3 is 2.46 bits per heavy atom. The molecule has 2 nitrogen and oxygen atoms in total. The number of carbonyl (C=O) groups excluding carboxylic acids is 1. The molecule has 0 N–H and O–H groups in total. The van der Waals surface area contributed by atoms with Crippen LogP contribution in [0.2, 0.25) is 25.7 Å². The fourth-order valence-electron chi connectivity index (χ4n) is 0.959. The van der Waals surface area contributed by atoms with Crippen LogP contribution in [0.4, 0.5) is 0 Å². The molecule has 0 aromatic carbocycles. The highest BCUT2D eigenvalue weighted by Gasteiger charge is 2.11. The van der Waals surface area contributed by atoms with Gasteiger partial charge in [0, 0.05) is 14.1 Å². The molecule has 3 heteroatoms. The van der Waals surface area contributed by atoms with Crippen molar-refractivity contribution in [2.45, 2.75) is 39.0 Å². The lowest BCUT2D eigenvalue weighted by molar-refractivity contribution is -0.137. The lowest BCUT2D eigenvalue weighted by Crippen LogP contribution is -2.19. The maximum Gasteiger partial charge on any atom is 0.330 e. The van der Waals surface area contributed by atoms with Gasteiger partial charge in [-0.1, -0.05) is 31.8 Å². The minimum Gasteiger partial charge on any atom is -0.463 e. The van der Waals surface area contributed by atoms with Crippen molar-refractivity contribution >= 4 is 14.0 Å². The standard InChI is InChI=1S/C10H20O2Si/c1-5-7-10(11)12-8-6-9-13(2,3)4/h5,7H,6,8-9H2,1-4H3. The van der Waals surface area contributed by atoms with Gasteiger partial charge in [0.2, 0.25) is 0 Å². The molecule has 0 aliphatic rings. The second kappa shape index (κ2) is 5.97. The molecule has 76 valence electrons. The Hall–Kier alpha value is -0.573. The van der Waals surface area contributed by atoms with Crippen LogP contribution in [-0.2, 0) is 9.53 Å². The highest BCUT2D eigenvalue weighted by molar-refractivity contribution is 6.76. The Kier molecular flexibility index (Phi) is 5.71. The Morgan fingerprint density at radius 2 is 2.00 bits per heavy atom. The third-order valence-electron chi connectivity index (χ3n) is 1.62. The number of hydrogen-bond acceptors (Lipinski definition) is 2. The van der Waals surface area contributed by atoms with E-state index in [1.165, 1.54) is 12.1 Å². The average Bonchev–Trinajstić information content (AvgIpc) is 1.97.